The molecule has 0 radical (unpaired) electrons. The zero-order valence-corrected chi connectivity index (χ0v) is 29.3. The molecule has 1 saturated carbocycles. The van der Waals surface area contributed by atoms with E-state index in [0.29, 0.717) is 25.7 Å². The summed E-state index contributed by atoms with van der Waals surface area (Å²) in [6.07, 6.45) is 0.223. The van der Waals surface area contributed by atoms with Crippen molar-refractivity contribution in [1.29, 1.82) is 0 Å². The highest BCUT2D eigenvalue weighted by atomic mass is 32.2. The van der Waals surface area contributed by atoms with Gasteiger partial charge in [-0.1, -0.05) is 62.4 Å². The van der Waals surface area contributed by atoms with Crippen molar-refractivity contribution in [3.8, 4) is 0 Å². The molecule has 0 spiro atoms. The summed E-state index contributed by atoms with van der Waals surface area (Å²) in [7, 11) is -4.01. The van der Waals surface area contributed by atoms with Crippen LogP contribution in [0.2, 0.25) is 0 Å². The third kappa shape index (κ3) is 8.47. The monoisotopic (exact) mass is 701 g/mol. The molecule has 2 saturated heterocycles. The standard InChI is InChI=1S/C34H47N5O7S2/c1-4-35-27-20-45-32-31(27)29(14-15-44-32)46-34(41)38-26(16-22-8-6-5-7-9-22)28(40)19-39(18-21(2)3)48(42,43)24-12-13-25-30(17-24)47-33(37-25)36-23-10-11-23/h5-9,12-13,17,21,23,26-29,31-32,35,40H,4,10-11,14-16,18-20H2,1-3H3,(H,36,37)(H,38,41)/t26-,27-,28+,29-,31-,32-/m0/s1. The Hall–Kier alpha value is -2.85. The number of amides is 1. The zero-order chi connectivity index (χ0) is 33.8. The maximum Gasteiger partial charge on any atom is 0.407 e. The summed E-state index contributed by atoms with van der Waals surface area (Å²) in [5, 5.41) is 22.2. The molecule has 4 N–H and O–H groups in total. The summed E-state index contributed by atoms with van der Waals surface area (Å²) in [6, 6.07) is 14.0. The van der Waals surface area contributed by atoms with Crippen molar-refractivity contribution in [3.05, 3.63) is 54.1 Å². The van der Waals surface area contributed by atoms with Gasteiger partial charge < -0.3 is 35.3 Å². The Kier molecular flexibility index (Phi) is 11.2. The first-order valence-electron chi connectivity index (χ1n) is 16.9. The highest BCUT2D eigenvalue weighted by Gasteiger charge is 2.47. The summed E-state index contributed by atoms with van der Waals surface area (Å²) < 4.78 is 47.9. The molecular formula is C34H47N5O7S2. The first kappa shape index (κ1) is 35.0. The summed E-state index contributed by atoms with van der Waals surface area (Å²) >= 11 is 1.44. The first-order valence-corrected chi connectivity index (χ1v) is 19.2. The number of anilines is 1. The minimum Gasteiger partial charge on any atom is -0.446 e. The van der Waals surface area contributed by atoms with E-state index < -0.39 is 40.7 Å². The van der Waals surface area contributed by atoms with Crippen LogP contribution >= 0.6 is 11.3 Å². The second-order valence-corrected chi connectivity index (χ2v) is 16.3. The third-order valence-corrected chi connectivity index (χ3v) is 11.8. The predicted octanol–water partition coefficient (Wildman–Crippen LogP) is 3.96. The number of benzene rings is 2. The predicted molar refractivity (Wildman–Crippen MR) is 184 cm³/mol. The van der Waals surface area contributed by atoms with E-state index in [1.807, 2.05) is 51.1 Å². The highest BCUT2D eigenvalue weighted by Crippen LogP contribution is 2.34. The van der Waals surface area contributed by atoms with Gasteiger partial charge in [0.1, 0.15) is 6.10 Å². The van der Waals surface area contributed by atoms with E-state index in [0.717, 1.165) is 40.3 Å². The number of fused-ring (bicyclic) bond motifs is 2. The Morgan fingerprint density at radius 3 is 2.65 bits per heavy atom. The first-order chi connectivity index (χ1) is 23.1. The normalized spacial score (nSPS) is 24.0. The molecule has 3 aliphatic rings. The average Bonchev–Trinajstić information content (AvgIpc) is 3.62. The minimum absolute atomic E-state index is 0.0103. The number of carbonyl (C=O) groups is 1. The van der Waals surface area contributed by atoms with Gasteiger partial charge in [-0.05, 0) is 55.5 Å². The van der Waals surface area contributed by atoms with Gasteiger partial charge in [-0.25, -0.2) is 18.2 Å². The smallest absolute Gasteiger partial charge is 0.407 e. The Labute approximate surface area is 286 Å². The lowest BCUT2D eigenvalue weighted by Gasteiger charge is -2.35. The van der Waals surface area contributed by atoms with Crippen LogP contribution in [-0.4, -0.2) is 98.4 Å². The van der Waals surface area contributed by atoms with Gasteiger partial charge in [0.15, 0.2) is 11.4 Å². The second-order valence-electron chi connectivity index (χ2n) is 13.3. The van der Waals surface area contributed by atoms with Gasteiger partial charge in [-0.2, -0.15) is 4.31 Å². The van der Waals surface area contributed by atoms with Crippen molar-refractivity contribution in [3.63, 3.8) is 0 Å². The van der Waals surface area contributed by atoms with Gasteiger partial charge in [0.05, 0.1) is 46.4 Å². The Morgan fingerprint density at radius 2 is 1.92 bits per heavy atom. The minimum atomic E-state index is -4.01. The Bertz CT molecular complexity index is 1630. The van der Waals surface area contributed by atoms with Gasteiger partial charge in [0, 0.05) is 31.6 Å². The third-order valence-electron chi connectivity index (χ3n) is 8.99. The SMILES string of the molecule is CCN[C@H]1CO[C@@H]2OCC[C@H](OC(=O)N[C@@H](Cc3ccccc3)[C@H](O)CN(CC(C)C)S(=O)(=O)c3ccc4nc(NC5CC5)sc4c3)[C@@H]21. The maximum absolute atomic E-state index is 14.1. The van der Waals surface area contributed by atoms with E-state index >= 15 is 0 Å². The molecule has 1 aromatic heterocycles. The fourth-order valence-corrected chi connectivity index (χ4v) is 9.16. The Balaban J connectivity index is 1.19. The molecule has 48 heavy (non-hydrogen) atoms. The number of alkyl carbamates (subject to hydrolysis) is 1. The molecule has 2 aromatic carbocycles. The molecule has 2 aliphatic heterocycles. The van der Waals surface area contributed by atoms with Gasteiger partial charge in [0.25, 0.3) is 0 Å². The number of hydrogen-bond donors (Lipinski definition) is 4. The van der Waals surface area contributed by atoms with Crippen molar-refractivity contribution in [2.45, 2.75) is 88.0 Å². The number of aliphatic hydroxyl groups is 1. The largest absolute Gasteiger partial charge is 0.446 e. The molecule has 14 heteroatoms. The van der Waals surface area contributed by atoms with Crippen LogP contribution in [0.3, 0.4) is 0 Å². The highest BCUT2D eigenvalue weighted by molar-refractivity contribution is 7.89. The molecule has 0 unspecified atom stereocenters. The van der Waals surface area contributed by atoms with E-state index in [1.165, 1.54) is 15.6 Å². The number of aromatic nitrogens is 1. The number of nitrogens with one attached hydrogen (secondary N) is 3. The van der Waals surface area contributed by atoms with Crippen molar-refractivity contribution in [2.75, 3.05) is 38.2 Å². The van der Waals surface area contributed by atoms with Crippen LogP contribution in [0.25, 0.3) is 10.2 Å². The maximum atomic E-state index is 14.1. The molecule has 12 nitrogen and oxygen atoms in total. The molecule has 3 heterocycles. The van der Waals surface area contributed by atoms with E-state index in [4.69, 9.17) is 14.2 Å². The number of carbonyl (C=O) groups excluding carboxylic acids is 1. The van der Waals surface area contributed by atoms with Crippen LogP contribution in [0.1, 0.15) is 45.6 Å². The van der Waals surface area contributed by atoms with Crippen LogP contribution in [-0.2, 0) is 30.7 Å². The average molecular weight is 702 g/mol. The summed E-state index contributed by atoms with van der Waals surface area (Å²) in [5.74, 6) is -0.177. The number of rotatable bonds is 15. The van der Waals surface area contributed by atoms with Gasteiger partial charge >= 0.3 is 6.09 Å². The lowest BCUT2D eigenvalue weighted by Crippen LogP contribution is -2.53. The number of aliphatic hydroxyl groups excluding tert-OH is 1. The van der Waals surface area contributed by atoms with Crippen molar-refractivity contribution in [2.24, 2.45) is 11.8 Å². The van der Waals surface area contributed by atoms with Gasteiger partial charge in [-0.15, -0.1) is 0 Å². The summed E-state index contributed by atoms with van der Waals surface area (Å²) in [4.78, 5) is 18.2. The van der Waals surface area contributed by atoms with E-state index in [1.54, 1.807) is 18.2 Å². The van der Waals surface area contributed by atoms with Crippen molar-refractivity contribution < 1.29 is 32.5 Å². The zero-order valence-electron chi connectivity index (χ0n) is 27.7. The van der Waals surface area contributed by atoms with Crippen LogP contribution in [0.4, 0.5) is 9.93 Å². The number of ether oxygens (including phenoxy) is 3. The van der Waals surface area contributed by atoms with Crippen LogP contribution in [0, 0.1) is 11.8 Å². The van der Waals surface area contributed by atoms with E-state index in [9.17, 15) is 18.3 Å². The molecule has 1 amide bonds. The second kappa shape index (κ2) is 15.4. The molecule has 6 rings (SSSR count). The van der Waals surface area contributed by atoms with Crippen LogP contribution in [0.15, 0.2) is 53.4 Å². The molecule has 262 valence electrons. The lowest BCUT2D eigenvalue weighted by atomic mass is 9.91. The molecule has 0 bridgehead atoms. The molecule has 3 fully saturated rings. The number of thiazole rings is 1. The lowest BCUT2D eigenvalue weighted by molar-refractivity contribution is -0.180. The fourth-order valence-electron chi connectivity index (χ4n) is 6.46. The topological polar surface area (TPSA) is 151 Å². The molecule has 6 atom stereocenters. The number of likely N-dealkylation sites (N-methyl/N-ethyl adjacent to an activating group) is 1. The van der Waals surface area contributed by atoms with E-state index in [2.05, 4.69) is 20.9 Å². The summed E-state index contributed by atoms with van der Waals surface area (Å²) in [5.41, 5.74) is 1.62. The van der Waals surface area contributed by atoms with Crippen LogP contribution in [0.5, 0.6) is 0 Å². The van der Waals surface area contributed by atoms with Gasteiger partial charge in [0.2, 0.25) is 10.0 Å². The van der Waals surface area contributed by atoms with Crippen molar-refractivity contribution >= 4 is 42.8 Å². The number of nitrogens with zero attached hydrogens (tertiary/aromatic N) is 2. The van der Waals surface area contributed by atoms with E-state index in [-0.39, 0.29) is 42.3 Å². The van der Waals surface area contributed by atoms with Gasteiger partial charge in [-0.3, -0.25) is 0 Å². The summed E-state index contributed by atoms with van der Waals surface area (Å²) in [6.45, 7) is 7.47. The fraction of sp³-hybridized carbons (Fsp3) is 0.588. The molecule has 3 aromatic rings. The number of hydrogen-bond acceptors (Lipinski definition) is 11. The Morgan fingerprint density at radius 1 is 1.12 bits per heavy atom. The quantitative estimate of drug-likeness (QED) is 0.183. The molecule has 1 aliphatic carbocycles. The van der Waals surface area contributed by atoms with Crippen LogP contribution < -0.4 is 16.0 Å². The number of sulfonamides is 1. The van der Waals surface area contributed by atoms with Crippen molar-refractivity contribution in [1.82, 2.24) is 19.9 Å². The molecular weight excluding hydrogens is 655 g/mol.